The molecule has 3 heterocycles. The molecule has 9 nitrogen and oxygen atoms in total. The zero-order valence-corrected chi connectivity index (χ0v) is 20.7. The summed E-state index contributed by atoms with van der Waals surface area (Å²) in [5.41, 5.74) is 3.17. The van der Waals surface area contributed by atoms with Crippen molar-refractivity contribution in [3.05, 3.63) is 66.2 Å². The van der Waals surface area contributed by atoms with E-state index in [-0.39, 0.29) is 36.4 Å². The van der Waals surface area contributed by atoms with Gasteiger partial charge in [-0.05, 0) is 24.1 Å². The quantitative estimate of drug-likeness (QED) is 0.290. The lowest BCUT2D eigenvalue weighted by molar-refractivity contribution is -0.120. The van der Waals surface area contributed by atoms with Crippen molar-refractivity contribution in [2.45, 2.75) is 20.0 Å². The average molecular weight is 548 g/mol. The molecule has 1 saturated heterocycles. The summed E-state index contributed by atoms with van der Waals surface area (Å²) in [5.74, 6) is 0.805. The van der Waals surface area contributed by atoms with E-state index in [0.29, 0.717) is 26.2 Å². The van der Waals surface area contributed by atoms with Gasteiger partial charge in [-0.2, -0.15) is 10.2 Å². The van der Waals surface area contributed by atoms with Crippen molar-refractivity contribution in [3.63, 3.8) is 0 Å². The molecule has 0 radical (unpaired) electrons. The number of piperazine rings is 1. The summed E-state index contributed by atoms with van der Waals surface area (Å²) >= 11 is 0. The molecular weight excluding hydrogens is 519 g/mol. The van der Waals surface area contributed by atoms with Gasteiger partial charge in [0.2, 0.25) is 5.91 Å². The van der Waals surface area contributed by atoms with Crippen molar-refractivity contribution in [3.8, 4) is 0 Å². The van der Waals surface area contributed by atoms with Crippen LogP contribution in [0.2, 0.25) is 0 Å². The second kappa shape index (κ2) is 11.1. The van der Waals surface area contributed by atoms with Crippen LogP contribution in [0.5, 0.6) is 0 Å². The van der Waals surface area contributed by atoms with Gasteiger partial charge in [0.15, 0.2) is 5.96 Å². The van der Waals surface area contributed by atoms with Gasteiger partial charge in [-0.1, -0.05) is 24.3 Å². The van der Waals surface area contributed by atoms with Crippen molar-refractivity contribution in [1.82, 2.24) is 29.8 Å². The lowest BCUT2D eigenvalue weighted by atomic mass is 10.1. The molecule has 0 atom stereocenters. The van der Waals surface area contributed by atoms with Crippen molar-refractivity contribution in [2.75, 3.05) is 31.1 Å². The number of anilines is 1. The second-order valence-corrected chi connectivity index (χ2v) is 7.48. The molecule has 1 aliphatic heterocycles. The van der Waals surface area contributed by atoms with Crippen molar-refractivity contribution >= 4 is 41.5 Å². The van der Waals surface area contributed by atoms with Gasteiger partial charge in [-0.15, -0.1) is 24.0 Å². The van der Waals surface area contributed by atoms with Gasteiger partial charge in [0.05, 0.1) is 25.0 Å². The number of guanidine groups is 1. The fourth-order valence-electron chi connectivity index (χ4n) is 3.70. The van der Waals surface area contributed by atoms with Crippen LogP contribution in [0.15, 0.2) is 60.1 Å². The van der Waals surface area contributed by atoms with E-state index >= 15 is 0 Å². The van der Waals surface area contributed by atoms with E-state index in [9.17, 15) is 4.79 Å². The maximum Gasteiger partial charge on any atom is 0.246 e. The summed E-state index contributed by atoms with van der Waals surface area (Å²) in [6.07, 6.45) is 7.33. The third kappa shape index (κ3) is 5.67. The van der Waals surface area contributed by atoms with Crippen LogP contribution in [-0.2, 0) is 24.9 Å². The number of halogens is 1. The normalized spacial score (nSPS) is 14.4. The first kappa shape index (κ1) is 23.8. The Hall–Kier alpha value is -2.89. The molecule has 3 aromatic rings. The zero-order chi connectivity index (χ0) is 21.6. The highest BCUT2D eigenvalue weighted by Gasteiger charge is 2.27. The molecule has 4 rings (SSSR count). The number of aryl methyl sites for hydroxylation is 1. The Morgan fingerprint density at radius 1 is 1.16 bits per heavy atom. The molecular formula is C22H29IN8O. The number of carbonyl (C=O) groups is 1. The maximum absolute atomic E-state index is 12.8. The fourth-order valence-corrected chi connectivity index (χ4v) is 3.70. The Morgan fingerprint density at radius 3 is 2.62 bits per heavy atom. The SMILES string of the molecule is CCNC(=NCc1ccccc1Cn1cccn1)N1CCN(c2cnn(C)c2)C(=O)C1.I. The number of hydrogen-bond acceptors (Lipinski definition) is 4. The molecule has 1 amide bonds. The van der Waals surface area contributed by atoms with Crippen LogP contribution in [0.1, 0.15) is 18.1 Å². The topological polar surface area (TPSA) is 83.6 Å². The molecule has 1 N–H and O–H groups in total. The van der Waals surface area contributed by atoms with Crippen LogP contribution >= 0.6 is 24.0 Å². The minimum atomic E-state index is 0. The maximum atomic E-state index is 12.8. The molecule has 1 aliphatic rings. The average Bonchev–Trinajstić information content (AvgIpc) is 3.44. The highest BCUT2D eigenvalue weighted by molar-refractivity contribution is 14.0. The van der Waals surface area contributed by atoms with Crippen LogP contribution < -0.4 is 10.2 Å². The highest BCUT2D eigenvalue weighted by atomic mass is 127. The monoisotopic (exact) mass is 548 g/mol. The third-order valence-corrected chi connectivity index (χ3v) is 5.27. The predicted molar refractivity (Wildman–Crippen MR) is 135 cm³/mol. The van der Waals surface area contributed by atoms with E-state index in [2.05, 4.69) is 27.6 Å². The molecule has 0 aliphatic carbocycles. The smallest absolute Gasteiger partial charge is 0.246 e. The van der Waals surface area contributed by atoms with Gasteiger partial charge in [0, 0.05) is 45.3 Å². The standard InChI is InChI=1S/C22H28N8O.HI/c1-3-23-22(28-11-12-30(21(31)17-28)20-14-26-27(2)16-20)24-13-18-7-4-5-8-19(18)15-29-10-6-9-25-29;/h4-10,14,16H,3,11-13,15,17H2,1-2H3,(H,23,24);1H. The molecule has 10 heteroatoms. The number of nitrogens with one attached hydrogen (secondary N) is 1. The molecule has 170 valence electrons. The summed E-state index contributed by atoms with van der Waals surface area (Å²) in [5, 5.41) is 11.8. The fraction of sp³-hybridized carbons (Fsp3) is 0.364. The number of hydrogen-bond donors (Lipinski definition) is 1. The molecule has 0 saturated carbocycles. The Morgan fingerprint density at radius 2 is 1.97 bits per heavy atom. The van der Waals surface area contributed by atoms with E-state index in [1.165, 1.54) is 5.56 Å². The molecule has 32 heavy (non-hydrogen) atoms. The van der Waals surface area contributed by atoms with Crippen molar-refractivity contribution in [2.24, 2.45) is 12.0 Å². The van der Waals surface area contributed by atoms with Crippen LogP contribution in [0.3, 0.4) is 0 Å². The summed E-state index contributed by atoms with van der Waals surface area (Å²) in [6.45, 7) is 5.62. The lowest BCUT2D eigenvalue weighted by Crippen LogP contribution is -2.55. The Kier molecular flexibility index (Phi) is 8.26. The zero-order valence-electron chi connectivity index (χ0n) is 18.4. The van der Waals surface area contributed by atoms with Crippen LogP contribution in [0.25, 0.3) is 0 Å². The van der Waals surface area contributed by atoms with Crippen LogP contribution in [0.4, 0.5) is 5.69 Å². The number of nitrogens with zero attached hydrogens (tertiary/aromatic N) is 7. The Bertz CT molecular complexity index is 1050. The first-order valence-corrected chi connectivity index (χ1v) is 10.5. The number of aliphatic imine (C=N–C) groups is 1. The van der Waals surface area contributed by atoms with E-state index in [1.807, 2.05) is 54.1 Å². The molecule has 0 unspecified atom stereocenters. The summed E-state index contributed by atoms with van der Waals surface area (Å²) in [6, 6.07) is 10.2. The van der Waals surface area contributed by atoms with Gasteiger partial charge in [-0.25, -0.2) is 4.99 Å². The van der Waals surface area contributed by atoms with Crippen molar-refractivity contribution < 1.29 is 4.79 Å². The minimum absolute atomic E-state index is 0. The molecule has 1 fully saturated rings. The molecule has 1 aromatic carbocycles. The Labute approximate surface area is 205 Å². The largest absolute Gasteiger partial charge is 0.356 e. The van der Waals surface area contributed by atoms with Gasteiger partial charge < -0.3 is 15.1 Å². The summed E-state index contributed by atoms with van der Waals surface area (Å²) < 4.78 is 3.62. The second-order valence-electron chi connectivity index (χ2n) is 7.48. The first-order valence-electron chi connectivity index (χ1n) is 10.5. The highest BCUT2D eigenvalue weighted by Crippen LogP contribution is 2.17. The van der Waals surface area contributed by atoms with Gasteiger partial charge in [0.1, 0.15) is 6.54 Å². The Balaban J connectivity index is 0.00000289. The van der Waals surface area contributed by atoms with Gasteiger partial charge in [0.25, 0.3) is 0 Å². The first-order chi connectivity index (χ1) is 15.1. The van der Waals surface area contributed by atoms with E-state index in [4.69, 9.17) is 4.99 Å². The number of amides is 1. The van der Waals surface area contributed by atoms with E-state index in [0.717, 1.165) is 23.8 Å². The van der Waals surface area contributed by atoms with E-state index < -0.39 is 0 Å². The molecule has 0 spiro atoms. The van der Waals surface area contributed by atoms with Crippen LogP contribution in [-0.4, -0.2) is 62.5 Å². The van der Waals surface area contributed by atoms with Gasteiger partial charge >= 0.3 is 0 Å². The number of benzene rings is 1. The van der Waals surface area contributed by atoms with Crippen molar-refractivity contribution in [1.29, 1.82) is 0 Å². The lowest BCUT2D eigenvalue weighted by Gasteiger charge is -2.35. The van der Waals surface area contributed by atoms with E-state index in [1.54, 1.807) is 22.0 Å². The number of rotatable bonds is 6. The number of aromatic nitrogens is 4. The molecule has 2 aromatic heterocycles. The summed E-state index contributed by atoms with van der Waals surface area (Å²) in [4.78, 5) is 21.4. The molecule has 0 bridgehead atoms. The van der Waals surface area contributed by atoms with Crippen LogP contribution in [0, 0.1) is 0 Å². The summed E-state index contributed by atoms with van der Waals surface area (Å²) in [7, 11) is 1.85. The minimum Gasteiger partial charge on any atom is -0.356 e. The van der Waals surface area contributed by atoms with Gasteiger partial charge in [-0.3, -0.25) is 14.2 Å². The third-order valence-electron chi connectivity index (χ3n) is 5.27. The predicted octanol–water partition coefficient (Wildman–Crippen LogP) is 2.10. The number of carbonyl (C=O) groups excluding carboxylic acids is 1.